The van der Waals surface area contributed by atoms with Gasteiger partial charge in [0.05, 0.1) is 5.56 Å². The third-order valence-electron chi connectivity index (χ3n) is 2.27. The largest absolute Gasteiger partial charge is 0.352 e. The van der Waals surface area contributed by atoms with Crippen LogP contribution in [0.4, 0.5) is 0 Å². The van der Waals surface area contributed by atoms with Crippen LogP contribution in [0.15, 0.2) is 34.8 Å². The molecule has 0 fully saturated rings. The zero-order chi connectivity index (χ0) is 12.0. The van der Waals surface area contributed by atoms with Gasteiger partial charge in [0, 0.05) is 11.0 Å². The molecule has 1 aromatic rings. The third kappa shape index (κ3) is 3.49. The number of hydrogen-bond acceptors (Lipinski definition) is 1. The van der Waals surface area contributed by atoms with E-state index in [1.165, 1.54) is 0 Å². The Morgan fingerprint density at radius 2 is 2.25 bits per heavy atom. The number of nitrogens with one attached hydrogen (secondary N) is 1. The second kappa shape index (κ2) is 6.48. The predicted octanol–water partition coefficient (Wildman–Crippen LogP) is 3.45. The smallest absolute Gasteiger partial charge is 0.252 e. The Labute approximate surface area is 105 Å². The van der Waals surface area contributed by atoms with Gasteiger partial charge in [-0.15, -0.1) is 0 Å². The monoisotopic (exact) mass is 281 g/mol. The highest BCUT2D eigenvalue weighted by Gasteiger charge is 2.09. The molecule has 16 heavy (non-hydrogen) atoms. The van der Waals surface area contributed by atoms with E-state index in [1.54, 1.807) is 0 Å². The quantitative estimate of drug-likeness (QED) is 0.665. The molecule has 86 valence electrons. The van der Waals surface area contributed by atoms with Crippen LogP contribution in [0.1, 0.15) is 29.3 Å². The van der Waals surface area contributed by atoms with Gasteiger partial charge in [-0.2, -0.15) is 0 Å². The zero-order valence-corrected chi connectivity index (χ0v) is 11.2. The number of carbonyl (C=O) groups excluding carboxylic acids is 1. The molecule has 1 rings (SSSR count). The standard InChI is InChI=1S/C13H16BrNO/c1-3-4-5-9-15-13(16)11-8-6-7-10(2)12(11)14/h3-4,6-8H,5,9H2,1-2H3,(H,15,16)/b4-3+. The number of carbonyl (C=O) groups is 1. The molecular formula is C13H16BrNO. The lowest BCUT2D eigenvalue weighted by Gasteiger charge is -2.07. The summed E-state index contributed by atoms with van der Waals surface area (Å²) in [6.07, 6.45) is 4.88. The first-order valence-corrected chi connectivity index (χ1v) is 6.10. The van der Waals surface area contributed by atoms with Crippen molar-refractivity contribution in [3.63, 3.8) is 0 Å². The van der Waals surface area contributed by atoms with Gasteiger partial charge in [0.25, 0.3) is 5.91 Å². The van der Waals surface area contributed by atoms with Crippen LogP contribution in [0.2, 0.25) is 0 Å². The summed E-state index contributed by atoms with van der Waals surface area (Å²) in [6, 6.07) is 5.68. The number of aryl methyl sites for hydroxylation is 1. The van der Waals surface area contributed by atoms with Crippen LogP contribution < -0.4 is 5.32 Å². The summed E-state index contributed by atoms with van der Waals surface area (Å²) in [5.41, 5.74) is 1.77. The van der Waals surface area contributed by atoms with Crippen molar-refractivity contribution in [2.75, 3.05) is 6.54 Å². The summed E-state index contributed by atoms with van der Waals surface area (Å²) in [6.45, 7) is 4.61. The molecule has 0 heterocycles. The van der Waals surface area contributed by atoms with Gasteiger partial charge in [-0.3, -0.25) is 4.79 Å². The highest BCUT2D eigenvalue weighted by atomic mass is 79.9. The minimum atomic E-state index is -0.0277. The summed E-state index contributed by atoms with van der Waals surface area (Å²) in [4.78, 5) is 11.8. The number of amides is 1. The van der Waals surface area contributed by atoms with Gasteiger partial charge < -0.3 is 5.32 Å². The van der Waals surface area contributed by atoms with Crippen molar-refractivity contribution in [3.05, 3.63) is 46.0 Å². The molecule has 1 amide bonds. The van der Waals surface area contributed by atoms with E-state index in [9.17, 15) is 4.79 Å². The van der Waals surface area contributed by atoms with E-state index in [4.69, 9.17) is 0 Å². The molecule has 1 aromatic carbocycles. The zero-order valence-electron chi connectivity index (χ0n) is 9.59. The molecule has 2 nitrogen and oxygen atoms in total. The molecule has 0 radical (unpaired) electrons. The van der Waals surface area contributed by atoms with Crippen molar-refractivity contribution in [2.24, 2.45) is 0 Å². The highest BCUT2D eigenvalue weighted by Crippen LogP contribution is 2.20. The lowest BCUT2D eigenvalue weighted by atomic mass is 10.1. The van der Waals surface area contributed by atoms with Gasteiger partial charge >= 0.3 is 0 Å². The van der Waals surface area contributed by atoms with E-state index in [1.807, 2.05) is 44.2 Å². The molecule has 3 heteroatoms. The van der Waals surface area contributed by atoms with Gasteiger partial charge in [0.15, 0.2) is 0 Å². The Morgan fingerprint density at radius 3 is 2.94 bits per heavy atom. The Balaban J connectivity index is 2.63. The second-order valence-corrected chi connectivity index (χ2v) is 4.34. The molecule has 1 N–H and O–H groups in total. The number of benzene rings is 1. The van der Waals surface area contributed by atoms with Gasteiger partial charge in [-0.05, 0) is 47.8 Å². The molecule has 0 aliphatic heterocycles. The topological polar surface area (TPSA) is 29.1 Å². The number of allylic oxidation sites excluding steroid dienone is 1. The molecule has 0 aliphatic carbocycles. The van der Waals surface area contributed by atoms with Crippen LogP contribution in [0.3, 0.4) is 0 Å². The molecule has 0 unspecified atom stereocenters. The first-order valence-electron chi connectivity index (χ1n) is 5.31. The normalized spacial score (nSPS) is 10.7. The van der Waals surface area contributed by atoms with Gasteiger partial charge in [0.1, 0.15) is 0 Å². The molecule has 0 saturated carbocycles. The summed E-state index contributed by atoms with van der Waals surface area (Å²) in [5, 5.41) is 2.88. The fourth-order valence-electron chi connectivity index (χ4n) is 1.35. The van der Waals surface area contributed by atoms with Crippen LogP contribution in [-0.4, -0.2) is 12.5 Å². The van der Waals surface area contributed by atoms with Crippen LogP contribution in [0, 0.1) is 6.92 Å². The van der Waals surface area contributed by atoms with Crippen LogP contribution in [0.25, 0.3) is 0 Å². The first-order chi connectivity index (χ1) is 7.66. The molecule has 0 saturated heterocycles. The molecule has 0 spiro atoms. The van der Waals surface area contributed by atoms with Gasteiger partial charge in [-0.1, -0.05) is 24.3 Å². The maximum atomic E-state index is 11.8. The number of rotatable bonds is 4. The summed E-state index contributed by atoms with van der Waals surface area (Å²) in [7, 11) is 0. The maximum Gasteiger partial charge on any atom is 0.252 e. The Bertz CT molecular complexity index is 399. The Morgan fingerprint density at radius 1 is 1.50 bits per heavy atom. The number of halogens is 1. The minimum absolute atomic E-state index is 0.0277. The Kier molecular flexibility index (Phi) is 5.26. The van der Waals surface area contributed by atoms with Crippen molar-refractivity contribution in [2.45, 2.75) is 20.3 Å². The van der Waals surface area contributed by atoms with E-state index in [0.29, 0.717) is 12.1 Å². The fraction of sp³-hybridized carbons (Fsp3) is 0.308. The third-order valence-corrected chi connectivity index (χ3v) is 3.32. The molecule has 0 atom stereocenters. The molecule has 0 aromatic heterocycles. The van der Waals surface area contributed by atoms with E-state index in [0.717, 1.165) is 16.5 Å². The van der Waals surface area contributed by atoms with Crippen molar-refractivity contribution in [1.82, 2.24) is 5.32 Å². The summed E-state index contributed by atoms with van der Waals surface area (Å²) < 4.78 is 0.874. The lowest BCUT2D eigenvalue weighted by molar-refractivity contribution is 0.0953. The van der Waals surface area contributed by atoms with E-state index in [-0.39, 0.29) is 5.91 Å². The SMILES string of the molecule is C/C=C/CCNC(=O)c1cccc(C)c1Br. The van der Waals surface area contributed by atoms with Crippen molar-refractivity contribution >= 4 is 21.8 Å². The molecule has 0 bridgehead atoms. The van der Waals surface area contributed by atoms with Gasteiger partial charge in [0.2, 0.25) is 0 Å². The molecule has 0 aliphatic rings. The second-order valence-electron chi connectivity index (χ2n) is 3.55. The van der Waals surface area contributed by atoms with Crippen molar-refractivity contribution in [3.8, 4) is 0 Å². The van der Waals surface area contributed by atoms with E-state index in [2.05, 4.69) is 21.2 Å². The summed E-state index contributed by atoms with van der Waals surface area (Å²) >= 11 is 3.43. The van der Waals surface area contributed by atoms with Gasteiger partial charge in [-0.25, -0.2) is 0 Å². The average Bonchev–Trinajstić information content (AvgIpc) is 2.28. The Hall–Kier alpha value is -1.09. The average molecular weight is 282 g/mol. The maximum absolute atomic E-state index is 11.8. The fourth-order valence-corrected chi connectivity index (χ4v) is 1.80. The van der Waals surface area contributed by atoms with Crippen molar-refractivity contribution in [1.29, 1.82) is 0 Å². The molecular weight excluding hydrogens is 266 g/mol. The highest BCUT2D eigenvalue weighted by molar-refractivity contribution is 9.10. The lowest BCUT2D eigenvalue weighted by Crippen LogP contribution is -2.24. The predicted molar refractivity (Wildman–Crippen MR) is 70.6 cm³/mol. The van der Waals surface area contributed by atoms with E-state index >= 15 is 0 Å². The first kappa shape index (κ1) is 13.0. The summed E-state index contributed by atoms with van der Waals surface area (Å²) in [5.74, 6) is -0.0277. The van der Waals surface area contributed by atoms with Crippen molar-refractivity contribution < 1.29 is 4.79 Å². The minimum Gasteiger partial charge on any atom is -0.352 e. The van der Waals surface area contributed by atoms with Crippen LogP contribution in [-0.2, 0) is 0 Å². The van der Waals surface area contributed by atoms with Crippen LogP contribution >= 0.6 is 15.9 Å². The number of hydrogen-bond donors (Lipinski definition) is 1. The van der Waals surface area contributed by atoms with E-state index < -0.39 is 0 Å². The van der Waals surface area contributed by atoms with Crippen LogP contribution in [0.5, 0.6) is 0 Å².